The highest BCUT2D eigenvalue weighted by Crippen LogP contribution is 2.30. The van der Waals surface area contributed by atoms with E-state index in [2.05, 4.69) is 4.98 Å². The average molecular weight is 309 g/mol. The molecule has 0 saturated carbocycles. The molecule has 1 amide bonds. The molecule has 2 aromatic rings. The third-order valence-electron chi connectivity index (χ3n) is 3.58. The standard InChI is InChI=1S/C12H15N5O3S/c1-14(8-9(18)15-4-2-3-5-15)10-11(17(19)20)16-6-7-21-12(16)13-10/h6-7H,2-5,8H2,1H3. The number of likely N-dealkylation sites (N-methyl/N-ethyl adjacent to an activating group) is 1. The Morgan fingerprint density at radius 3 is 2.90 bits per heavy atom. The molecule has 0 aromatic carbocycles. The van der Waals surface area contributed by atoms with Crippen molar-refractivity contribution in [1.29, 1.82) is 0 Å². The number of nitro groups is 1. The third kappa shape index (κ3) is 2.44. The number of hydrogen-bond acceptors (Lipinski definition) is 6. The van der Waals surface area contributed by atoms with Crippen molar-refractivity contribution in [2.24, 2.45) is 0 Å². The predicted octanol–water partition coefficient (Wildman–Crippen LogP) is 1.36. The van der Waals surface area contributed by atoms with Crippen molar-refractivity contribution in [3.63, 3.8) is 0 Å². The van der Waals surface area contributed by atoms with Crippen molar-refractivity contribution in [3.8, 4) is 0 Å². The summed E-state index contributed by atoms with van der Waals surface area (Å²) in [7, 11) is 1.66. The number of likely N-dealkylation sites (tertiary alicyclic amines) is 1. The molecule has 112 valence electrons. The van der Waals surface area contributed by atoms with E-state index in [9.17, 15) is 14.9 Å². The molecule has 3 rings (SSSR count). The van der Waals surface area contributed by atoms with Gasteiger partial charge in [0.2, 0.25) is 11.7 Å². The van der Waals surface area contributed by atoms with Gasteiger partial charge in [-0.25, -0.2) is 0 Å². The highest BCUT2D eigenvalue weighted by Gasteiger charge is 2.28. The van der Waals surface area contributed by atoms with Crippen LogP contribution < -0.4 is 4.90 Å². The number of anilines is 1. The summed E-state index contributed by atoms with van der Waals surface area (Å²) in [6, 6.07) is 0. The van der Waals surface area contributed by atoms with Gasteiger partial charge in [0.05, 0.1) is 6.54 Å². The van der Waals surface area contributed by atoms with Gasteiger partial charge in [-0.05, 0) is 17.8 Å². The van der Waals surface area contributed by atoms with Crippen molar-refractivity contribution < 1.29 is 9.72 Å². The van der Waals surface area contributed by atoms with Crippen LogP contribution in [0.4, 0.5) is 11.6 Å². The summed E-state index contributed by atoms with van der Waals surface area (Å²) in [6.07, 6.45) is 3.66. The van der Waals surface area contributed by atoms with E-state index >= 15 is 0 Å². The van der Waals surface area contributed by atoms with Crippen LogP contribution in [0.15, 0.2) is 11.6 Å². The van der Waals surface area contributed by atoms with Gasteiger partial charge in [-0.1, -0.05) is 11.3 Å². The monoisotopic (exact) mass is 309 g/mol. The molecule has 8 nitrogen and oxygen atoms in total. The average Bonchev–Trinajstić information content (AvgIpc) is 3.14. The van der Waals surface area contributed by atoms with Crippen molar-refractivity contribution in [1.82, 2.24) is 14.3 Å². The van der Waals surface area contributed by atoms with Crippen LogP contribution in [0.1, 0.15) is 12.8 Å². The van der Waals surface area contributed by atoms with Gasteiger partial charge in [0.1, 0.15) is 6.20 Å². The molecular formula is C12H15N5O3S. The molecule has 0 spiro atoms. The lowest BCUT2D eigenvalue weighted by atomic mass is 10.4. The van der Waals surface area contributed by atoms with E-state index in [1.54, 1.807) is 28.4 Å². The second-order valence-electron chi connectivity index (χ2n) is 5.02. The van der Waals surface area contributed by atoms with Crippen LogP contribution in [0.2, 0.25) is 0 Å². The highest BCUT2D eigenvalue weighted by atomic mass is 32.1. The van der Waals surface area contributed by atoms with Crippen LogP contribution in [0, 0.1) is 10.1 Å². The summed E-state index contributed by atoms with van der Waals surface area (Å²) in [4.78, 5) is 31.1. The van der Waals surface area contributed by atoms with Gasteiger partial charge in [0, 0.05) is 25.5 Å². The van der Waals surface area contributed by atoms with Crippen LogP contribution >= 0.6 is 11.3 Å². The topological polar surface area (TPSA) is 84.0 Å². The second-order valence-corrected chi connectivity index (χ2v) is 5.89. The fourth-order valence-electron chi connectivity index (χ4n) is 2.53. The molecule has 0 N–H and O–H groups in total. The molecule has 9 heteroatoms. The zero-order valence-corrected chi connectivity index (χ0v) is 12.4. The molecule has 1 aliphatic rings. The first kappa shape index (κ1) is 13.8. The fraction of sp³-hybridized carbons (Fsp3) is 0.500. The van der Waals surface area contributed by atoms with Crippen LogP contribution in [0.5, 0.6) is 0 Å². The maximum absolute atomic E-state index is 12.1. The van der Waals surface area contributed by atoms with Crippen molar-refractivity contribution in [2.75, 3.05) is 31.6 Å². The summed E-state index contributed by atoms with van der Waals surface area (Å²) < 4.78 is 1.44. The molecule has 1 fully saturated rings. The number of carbonyl (C=O) groups excluding carboxylic acids is 1. The van der Waals surface area contributed by atoms with Gasteiger partial charge < -0.3 is 19.9 Å². The molecule has 0 unspecified atom stereocenters. The summed E-state index contributed by atoms with van der Waals surface area (Å²) in [6.45, 7) is 1.64. The highest BCUT2D eigenvalue weighted by molar-refractivity contribution is 7.15. The zero-order valence-electron chi connectivity index (χ0n) is 11.6. The third-order valence-corrected chi connectivity index (χ3v) is 4.34. The molecule has 1 saturated heterocycles. The van der Waals surface area contributed by atoms with E-state index in [-0.39, 0.29) is 24.1 Å². The molecule has 0 bridgehead atoms. The number of nitrogens with zero attached hydrogens (tertiary/aromatic N) is 5. The van der Waals surface area contributed by atoms with E-state index in [4.69, 9.17) is 0 Å². The smallest absolute Gasteiger partial charge is 0.358 e. The van der Waals surface area contributed by atoms with Gasteiger partial charge in [-0.3, -0.25) is 4.79 Å². The van der Waals surface area contributed by atoms with Crippen LogP contribution in [-0.2, 0) is 4.79 Å². The van der Waals surface area contributed by atoms with E-state index in [0.717, 1.165) is 25.9 Å². The Balaban J connectivity index is 1.85. The molecule has 21 heavy (non-hydrogen) atoms. The Labute approximate surface area is 124 Å². The summed E-state index contributed by atoms with van der Waals surface area (Å²) in [5.41, 5.74) is 0. The second kappa shape index (κ2) is 5.32. The Kier molecular flexibility index (Phi) is 3.50. The minimum absolute atomic E-state index is 0.0133. The number of fused-ring (bicyclic) bond motifs is 1. The van der Waals surface area contributed by atoms with Gasteiger partial charge in [0.25, 0.3) is 4.96 Å². The number of imidazole rings is 1. The zero-order chi connectivity index (χ0) is 15.0. The Hall–Kier alpha value is -2.16. The van der Waals surface area contributed by atoms with Gasteiger partial charge in [-0.2, -0.15) is 9.38 Å². The van der Waals surface area contributed by atoms with Crippen LogP contribution in [-0.4, -0.2) is 51.8 Å². The summed E-state index contributed by atoms with van der Waals surface area (Å²) >= 11 is 1.33. The molecule has 0 aliphatic carbocycles. The Morgan fingerprint density at radius 2 is 2.24 bits per heavy atom. The number of amides is 1. The van der Waals surface area contributed by atoms with Crippen LogP contribution in [0.3, 0.4) is 0 Å². The van der Waals surface area contributed by atoms with Crippen LogP contribution in [0.25, 0.3) is 4.96 Å². The number of hydrogen-bond donors (Lipinski definition) is 0. The van der Waals surface area contributed by atoms with Gasteiger partial charge in [0.15, 0.2) is 0 Å². The Morgan fingerprint density at radius 1 is 1.52 bits per heavy atom. The molecule has 2 aromatic heterocycles. The normalized spacial score (nSPS) is 14.8. The van der Waals surface area contributed by atoms with Crippen molar-refractivity contribution in [3.05, 3.63) is 21.7 Å². The summed E-state index contributed by atoms with van der Waals surface area (Å²) in [5.74, 6) is 0.128. The van der Waals surface area contributed by atoms with Gasteiger partial charge >= 0.3 is 5.82 Å². The largest absolute Gasteiger partial charge is 0.373 e. The van der Waals surface area contributed by atoms with E-state index in [1.165, 1.54) is 15.7 Å². The van der Waals surface area contributed by atoms with Gasteiger partial charge in [-0.15, -0.1) is 0 Å². The Bertz CT molecular complexity index is 688. The quantitative estimate of drug-likeness (QED) is 0.629. The van der Waals surface area contributed by atoms with E-state index in [1.807, 2.05) is 0 Å². The first-order valence-corrected chi connectivity index (χ1v) is 7.54. The molecule has 3 heterocycles. The molecule has 0 radical (unpaired) electrons. The molecular weight excluding hydrogens is 294 g/mol. The lowest BCUT2D eigenvalue weighted by molar-refractivity contribution is -0.389. The predicted molar refractivity (Wildman–Crippen MR) is 78.8 cm³/mol. The number of carbonyl (C=O) groups is 1. The lowest BCUT2D eigenvalue weighted by Crippen LogP contribution is -2.37. The van der Waals surface area contributed by atoms with Crippen molar-refractivity contribution in [2.45, 2.75) is 12.8 Å². The molecule has 0 atom stereocenters. The fourth-order valence-corrected chi connectivity index (χ4v) is 3.24. The van der Waals surface area contributed by atoms with Crippen molar-refractivity contribution >= 4 is 33.8 Å². The lowest BCUT2D eigenvalue weighted by Gasteiger charge is -2.20. The number of thiazole rings is 1. The first-order valence-electron chi connectivity index (χ1n) is 6.67. The summed E-state index contributed by atoms with van der Waals surface area (Å²) in [5, 5.41) is 13.0. The maximum atomic E-state index is 12.1. The minimum atomic E-state index is -0.459. The minimum Gasteiger partial charge on any atom is -0.358 e. The molecule has 1 aliphatic heterocycles. The number of aromatic nitrogens is 2. The maximum Gasteiger partial charge on any atom is 0.373 e. The SMILES string of the molecule is CN(CC(=O)N1CCCC1)c1nc2sccn2c1[N+](=O)[O-]. The first-order chi connectivity index (χ1) is 10.1. The number of rotatable bonds is 4. The van der Waals surface area contributed by atoms with E-state index in [0.29, 0.717) is 4.96 Å². The van der Waals surface area contributed by atoms with E-state index < -0.39 is 4.92 Å².